The highest BCUT2D eigenvalue weighted by molar-refractivity contribution is 5.77. The number of hydrogen-bond donors (Lipinski definition) is 2. The molecule has 2 aromatic heterocycles. The van der Waals surface area contributed by atoms with E-state index in [-0.39, 0.29) is 18.7 Å². The van der Waals surface area contributed by atoms with Crippen molar-refractivity contribution in [1.82, 2.24) is 24.4 Å². The molecule has 0 saturated carbocycles. The average molecular weight is 419 g/mol. The summed E-state index contributed by atoms with van der Waals surface area (Å²) in [6, 6.07) is 8.29. The zero-order chi connectivity index (χ0) is 21.0. The Hall–Kier alpha value is -3.46. The van der Waals surface area contributed by atoms with E-state index in [1.54, 1.807) is 12.5 Å². The van der Waals surface area contributed by atoms with Crippen LogP contribution in [0.2, 0.25) is 0 Å². The van der Waals surface area contributed by atoms with E-state index in [1.165, 1.54) is 5.56 Å². The third-order valence-electron chi connectivity index (χ3n) is 5.64. The second-order valence-corrected chi connectivity index (χ2v) is 7.79. The molecule has 9 heteroatoms. The summed E-state index contributed by atoms with van der Waals surface area (Å²) in [5, 5.41) is 6.83. The summed E-state index contributed by atoms with van der Waals surface area (Å²) in [6.07, 6.45) is 8.84. The number of amides is 1. The molecule has 1 unspecified atom stereocenters. The molecule has 160 valence electrons. The number of aromatic nitrogens is 4. The number of benzene rings is 1. The van der Waals surface area contributed by atoms with E-state index in [0.717, 1.165) is 23.4 Å². The molecule has 31 heavy (non-hydrogen) atoms. The Bertz CT molecular complexity index is 1030. The van der Waals surface area contributed by atoms with Gasteiger partial charge in [-0.3, -0.25) is 4.79 Å². The van der Waals surface area contributed by atoms with Gasteiger partial charge in [0.1, 0.15) is 12.8 Å². The van der Waals surface area contributed by atoms with Gasteiger partial charge in [-0.25, -0.2) is 15.0 Å². The number of nitrogens with zero attached hydrogens (tertiary/aromatic N) is 5. The van der Waals surface area contributed by atoms with E-state index < -0.39 is 0 Å². The van der Waals surface area contributed by atoms with E-state index in [1.807, 2.05) is 27.9 Å². The molecule has 1 atom stereocenters. The van der Waals surface area contributed by atoms with Gasteiger partial charge in [-0.05, 0) is 11.6 Å². The smallest absolute Gasteiger partial charge is 0.248 e. The lowest BCUT2D eigenvalue weighted by atomic mass is 10.1. The van der Waals surface area contributed by atoms with Crippen molar-refractivity contribution in [3.05, 3.63) is 66.0 Å². The summed E-state index contributed by atoms with van der Waals surface area (Å²) in [6.45, 7) is 2.40. The predicted octanol–water partition coefficient (Wildman–Crippen LogP) is 1.68. The molecule has 2 N–H and O–H groups in total. The molecular weight excluding hydrogens is 394 g/mol. The molecule has 0 fully saturated rings. The first kappa shape index (κ1) is 19.5. The number of nitrogens with one attached hydrogen (secondary N) is 2. The predicted molar refractivity (Wildman–Crippen MR) is 115 cm³/mol. The van der Waals surface area contributed by atoms with E-state index in [0.29, 0.717) is 38.6 Å². The maximum atomic E-state index is 12.5. The molecule has 3 aromatic rings. The second-order valence-electron chi connectivity index (χ2n) is 7.79. The number of ether oxygens (including phenoxy) is 1. The van der Waals surface area contributed by atoms with Gasteiger partial charge in [0.25, 0.3) is 0 Å². The maximum absolute atomic E-state index is 12.5. The van der Waals surface area contributed by atoms with Crippen LogP contribution in [0.3, 0.4) is 0 Å². The van der Waals surface area contributed by atoms with Gasteiger partial charge in [0.05, 0.1) is 18.6 Å². The quantitative estimate of drug-likeness (QED) is 0.563. The van der Waals surface area contributed by atoms with Gasteiger partial charge >= 0.3 is 0 Å². The van der Waals surface area contributed by atoms with E-state index in [9.17, 15) is 4.79 Å². The fourth-order valence-electron chi connectivity index (χ4n) is 3.98. The SMILES string of the molecule is O=C(COCCn1ccnc1)N1CCc2nc(NC3Cc4ccccc4N3)ncc2C1. The first-order chi connectivity index (χ1) is 15.2. The number of fused-ring (bicyclic) bond motifs is 2. The van der Waals surface area contributed by atoms with Crippen LogP contribution >= 0.6 is 0 Å². The van der Waals surface area contributed by atoms with Crippen LogP contribution < -0.4 is 10.6 Å². The molecule has 0 radical (unpaired) electrons. The molecule has 1 aromatic carbocycles. The number of anilines is 2. The lowest BCUT2D eigenvalue weighted by molar-refractivity contribution is -0.137. The van der Waals surface area contributed by atoms with E-state index in [2.05, 4.69) is 38.8 Å². The van der Waals surface area contributed by atoms with Crippen LogP contribution in [0.1, 0.15) is 16.8 Å². The Morgan fingerprint density at radius 3 is 3.10 bits per heavy atom. The minimum Gasteiger partial charge on any atom is -0.370 e. The molecule has 0 bridgehead atoms. The van der Waals surface area contributed by atoms with E-state index in [4.69, 9.17) is 9.72 Å². The number of rotatable bonds is 7. The van der Waals surface area contributed by atoms with Crippen LogP contribution in [0.5, 0.6) is 0 Å². The van der Waals surface area contributed by atoms with Crippen LogP contribution in [-0.2, 0) is 35.5 Å². The normalized spacial score (nSPS) is 17.0. The highest BCUT2D eigenvalue weighted by Crippen LogP contribution is 2.26. The highest BCUT2D eigenvalue weighted by Gasteiger charge is 2.24. The molecular formula is C22H25N7O2. The lowest BCUT2D eigenvalue weighted by Crippen LogP contribution is -2.39. The van der Waals surface area contributed by atoms with E-state index >= 15 is 0 Å². The van der Waals surface area contributed by atoms with Crippen molar-refractivity contribution < 1.29 is 9.53 Å². The molecule has 5 rings (SSSR count). The Balaban J connectivity index is 1.12. The molecule has 1 amide bonds. The van der Waals surface area contributed by atoms with Gasteiger partial charge in [0.2, 0.25) is 11.9 Å². The number of carbonyl (C=O) groups is 1. The van der Waals surface area contributed by atoms with Crippen LogP contribution in [0, 0.1) is 0 Å². The van der Waals surface area contributed by atoms with Gasteiger partial charge in [0, 0.05) is 62.3 Å². The number of carbonyl (C=O) groups excluding carboxylic acids is 1. The first-order valence-electron chi connectivity index (χ1n) is 10.5. The third kappa shape index (κ3) is 4.51. The van der Waals surface area contributed by atoms with Crippen molar-refractivity contribution in [2.45, 2.75) is 32.1 Å². The number of imidazole rings is 1. The van der Waals surface area contributed by atoms with Crippen molar-refractivity contribution in [2.75, 3.05) is 30.4 Å². The summed E-state index contributed by atoms with van der Waals surface area (Å²) >= 11 is 0. The molecule has 2 aliphatic rings. The Labute approximate surface area is 180 Å². The summed E-state index contributed by atoms with van der Waals surface area (Å²) < 4.78 is 7.46. The molecule has 9 nitrogen and oxygen atoms in total. The largest absolute Gasteiger partial charge is 0.370 e. The average Bonchev–Trinajstić information content (AvgIpc) is 3.45. The molecule has 2 aliphatic heterocycles. The maximum Gasteiger partial charge on any atom is 0.248 e. The molecule has 0 spiro atoms. The Morgan fingerprint density at radius 1 is 1.29 bits per heavy atom. The highest BCUT2D eigenvalue weighted by atomic mass is 16.5. The fourth-order valence-corrected chi connectivity index (χ4v) is 3.98. The van der Waals surface area contributed by atoms with Crippen molar-refractivity contribution in [3.63, 3.8) is 0 Å². The van der Waals surface area contributed by atoms with Gasteiger partial charge in [-0.15, -0.1) is 0 Å². The monoisotopic (exact) mass is 419 g/mol. The zero-order valence-corrected chi connectivity index (χ0v) is 17.2. The van der Waals surface area contributed by atoms with Gasteiger partial charge in [-0.2, -0.15) is 0 Å². The molecule has 0 aliphatic carbocycles. The van der Waals surface area contributed by atoms with Gasteiger partial charge in [0.15, 0.2) is 0 Å². The minimum atomic E-state index is -0.00796. The van der Waals surface area contributed by atoms with Crippen LogP contribution in [0.4, 0.5) is 11.6 Å². The standard InChI is InChI=1S/C22H25N7O2/c30-21(14-31-10-9-28-8-6-23-15-28)29-7-5-19-17(13-29)12-24-22(26-19)27-20-11-16-3-1-2-4-18(16)25-20/h1-4,6,8,12,15,20,25H,5,7,9-11,13-14H2,(H,24,26,27). The van der Waals surface area contributed by atoms with Gasteiger partial charge < -0.3 is 24.8 Å². The first-order valence-corrected chi connectivity index (χ1v) is 10.5. The van der Waals surface area contributed by atoms with Crippen LogP contribution in [0.15, 0.2) is 49.2 Å². The summed E-state index contributed by atoms with van der Waals surface area (Å²) in [5.74, 6) is 0.609. The van der Waals surface area contributed by atoms with Crippen LogP contribution in [0.25, 0.3) is 0 Å². The number of hydrogen-bond acceptors (Lipinski definition) is 7. The Kier molecular flexibility index (Phi) is 5.49. The van der Waals surface area contributed by atoms with Crippen molar-refractivity contribution in [1.29, 1.82) is 0 Å². The molecule has 4 heterocycles. The minimum absolute atomic E-state index is 0.00796. The topological polar surface area (TPSA) is 97.2 Å². The van der Waals surface area contributed by atoms with Gasteiger partial charge in [-0.1, -0.05) is 18.2 Å². The van der Waals surface area contributed by atoms with Crippen LogP contribution in [-0.4, -0.2) is 56.3 Å². The zero-order valence-electron chi connectivity index (χ0n) is 17.2. The van der Waals surface area contributed by atoms with Crippen molar-refractivity contribution >= 4 is 17.5 Å². The molecule has 0 saturated heterocycles. The second kappa shape index (κ2) is 8.73. The van der Waals surface area contributed by atoms with Crippen molar-refractivity contribution in [3.8, 4) is 0 Å². The number of para-hydroxylation sites is 1. The third-order valence-corrected chi connectivity index (χ3v) is 5.64. The summed E-state index contributed by atoms with van der Waals surface area (Å²) in [5.41, 5.74) is 4.43. The summed E-state index contributed by atoms with van der Waals surface area (Å²) in [4.78, 5) is 27.5. The Morgan fingerprint density at radius 2 is 2.23 bits per heavy atom. The van der Waals surface area contributed by atoms with Crippen molar-refractivity contribution in [2.24, 2.45) is 0 Å². The lowest BCUT2D eigenvalue weighted by Gasteiger charge is -2.28. The fraction of sp³-hybridized carbons (Fsp3) is 0.364. The summed E-state index contributed by atoms with van der Waals surface area (Å²) in [7, 11) is 0.